The molecule has 0 bridgehead atoms. The molecule has 0 spiro atoms. The van der Waals surface area contributed by atoms with Crippen LogP contribution in [-0.4, -0.2) is 32.7 Å². The van der Waals surface area contributed by atoms with Gasteiger partial charge in [0, 0.05) is 25.9 Å². The van der Waals surface area contributed by atoms with Crippen molar-refractivity contribution in [3.05, 3.63) is 39.6 Å². The fourth-order valence-corrected chi connectivity index (χ4v) is 3.90. The van der Waals surface area contributed by atoms with Crippen molar-refractivity contribution in [1.82, 2.24) is 4.31 Å². The molecule has 1 aliphatic rings. The largest absolute Gasteiger partial charge is 0.331 e. The van der Waals surface area contributed by atoms with E-state index in [1.165, 1.54) is 14.8 Å². The summed E-state index contributed by atoms with van der Waals surface area (Å²) in [6.07, 6.45) is 1.50. The Morgan fingerprint density at radius 2 is 2.05 bits per heavy atom. The van der Waals surface area contributed by atoms with E-state index in [4.69, 9.17) is 0 Å². The lowest BCUT2D eigenvalue weighted by Gasteiger charge is -2.35. The number of hydrogen-bond acceptors (Lipinski definition) is 3. The third kappa shape index (κ3) is 2.14. The SMILES string of the molecule is C/N=C1\c2c(C)cccc2N(C)S(=O)(=O)N1/C=C\I. The number of aryl methyl sites for hydroxylation is 1. The van der Waals surface area contributed by atoms with Crippen LogP contribution in [0.5, 0.6) is 0 Å². The first-order chi connectivity index (χ1) is 8.95. The molecular weight excluding hydrogens is 377 g/mol. The van der Waals surface area contributed by atoms with Crippen LogP contribution in [0.3, 0.4) is 0 Å². The second-order valence-electron chi connectivity index (χ2n) is 4.06. The van der Waals surface area contributed by atoms with E-state index < -0.39 is 10.2 Å². The molecule has 0 unspecified atom stereocenters. The third-order valence-corrected chi connectivity index (χ3v) is 5.02. The Balaban J connectivity index is 2.83. The molecule has 0 aromatic heterocycles. The van der Waals surface area contributed by atoms with E-state index in [0.717, 1.165) is 11.1 Å². The molecule has 1 aliphatic heterocycles. The highest BCUT2D eigenvalue weighted by Crippen LogP contribution is 2.33. The van der Waals surface area contributed by atoms with Crippen molar-refractivity contribution in [2.45, 2.75) is 6.92 Å². The minimum atomic E-state index is -3.61. The molecule has 2 rings (SSSR count). The molecule has 0 radical (unpaired) electrons. The Kier molecular flexibility index (Phi) is 3.86. The fraction of sp³-hybridized carbons (Fsp3) is 0.250. The summed E-state index contributed by atoms with van der Waals surface area (Å²) in [7, 11) is -0.464. The summed E-state index contributed by atoms with van der Waals surface area (Å²) in [5.41, 5.74) is 2.49. The van der Waals surface area contributed by atoms with Gasteiger partial charge in [0.2, 0.25) is 0 Å². The molecule has 0 saturated carbocycles. The molecule has 1 heterocycles. The second-order valence-corrected chi connectivity index (χ2v) is 6.62. The van der Waals surface area contributed by atoms with Crippen LogP contribution in [0.4, 0.5) is 5.69 Å². The molecule has 102 valence electrons. The van der Waals surface area contributed by atoms with Gasteiger partial charge in [0.15, 0.2) is 5.84 Å². The van der Waals surface area contributed by atoms with Gasteiger partial charge in [-0.25, -0.2) is 4.31 Å². The van der Waals surface area contributed by atoms with Crippen LogP contribution in [0.1, 0.15) is 11.1 Å². The first kappa shape index (κ1) is 14.3. The minimum absolute atomic E-state index is 0.444. The van der Waals surface area contributed by atoms with Crippen molar-refractivity contribution in [2.75, 3.05) is 18.4 Å². The Labute approximate surface area is 126 Å². The van der Waals surface area contributed by atoms with Crippen LogP contribution in [0, 0.1) is 6.92 Å². The quantitative estimate of drug-likeness (QED) is 0.690. The average molecular weight is 391 g/mol. The Hall–Kier alpha value is -1.09. The summed E-state index contributed by atoms with van der Waals surface area (Å²) in [4.78, 5) is 4.16. The zero-order chi connectivity index (χ0) is 14.2. The van der Waals surface area contributed by atoms with Gasteiger partial charge >= 0.3 is 10.2 Å². The van der Waals surface area contributed by atoms with Crippen molar-refractivity contribution < 1.29 is 8.42 Å². The molecule has 0 atom stereocenters. The predicted octanol–water partition coefficient (Wildman–Crippen LogP) is 2.27. The van der Waals surface area contributed by atoms with Gasteiger partial charge in [-0.05, 0) is 22.6 Å². The van der Waals surface area contributed by atoms with Crippen molar-refractivity contribution >= 4 is 44.3 Å². The Morgan fingerprint density at radius 1 is 1.37 bits per heavy atom. The monoisotopic (exact) mass is 391 g/mol. The highest BCUT2D eigenvalue weighted by atomic mass is 127. The van der Waals surface area contributed by atoms with Gasteiger partial charge in [-0.2, -0.15) is 8.42 Å². The first-order valence-corrected chi connectivity index (χ1v) is 8.21. The van der Waals surface area contributed by atoms with Gasteiger partial charge in [-0.1, -0.05) is 34.7 Å². The molecular formula is C12H14IN3O2S. The molecule has 1 aromatic rings. The number of anilines is 1. The molecule has 0 N–H and O–H groups in total. The summed E-state index contributed by atoms with van der Waals surface area (Å²) in [6.45, 7) is 1.95. The van der Waals surface area contributed by atoms with E-state index in [1.807, 2.05) is 41.6 Å². The van der Waals surface area contributed by atoms with Crippen molar-refractivity contribution in [1.29, 1.82) is 0 Å². The molecule has 7 heteroatoms. The van der Waals surface area contributed by atoms with E-state index in [1.54, 1.807) is 24.2 Å². The number of hydrogen-bond donors (Lipinski definition) is 0. The zero-order valence-electron chi connectivity index (χ0n) is 10.8. The lowest BCUT2D eigenvalue weighted by atomic mass is 10.1. The van der Waals surface area contributed by atoms with E-state index in [9.17, 15) is 8.42 Å². The van der Waals surface area contributed by atoms with Crippen LogP contribution >= 0.6 is 22.6 Å². The summed E-state index contributed by atoms with van der Waals surface area (Å²) < 4.78 is 29.1. The maximum Gasteiger partial charge on any atom is 0.331 e. The maximum absolute atomic E-state index is 12.5. The summed E-state index contributed by atoms with van der Waals surface area (Å²) in [5, 5.41) is 0. The fourth-order valence-electron chi connectivity index (χ4n) is 2.09. The maximum atomic E-state index is 12.5. The molecule has 1 aromatic carbocycles. The third-order valence-electron chi connectivity index (χ3n) is 3.02. The number of halogens is 1. The number of fused-ring (bicyclic) bond motifs is 1. The van der Waals surface area contributed by atoms with Gasteiger partial charge in [0.1, 0.15) is 0 Å². The molecule has 0 aliphatic carbocycles. The highest BCUT2D eigenvalue weighted by molar-refractivity contribution is 14.1. The van der Waals surface area contributed by atoms with E-state index in [-0.39, 0.29) is 0 Å². The predicted molar refractivity (Wildman–Crippen MR) is 86.0 cm³/mol. The van der Waals surface area contributed by atoms with E-state index in [0.29, 0.717) is 11.5 Å². The van der Waals surface area contributed by atoms with Gasteiger partial charge in [0.05, 0.1) is 5.69 Å². The Morgan fingerprint density at radius 3 is 2.63 bits per heavy atom. The standard InChI is InChI=1S/C12H14IN3O2S/c1-9-5-4-6-10-11(9)12(14-2)16(8-7-13)19(17,18)15(10)3/h4-8H,1-3H3/b8-7-,14-12+. The number of benzene rings is 1. The number of aliphatic imine (C=N–C) groups is 1. The smallest absolute Gasteiger partial charge is 0.270 e. The van der Waals surface area contributed by atoms with Crippen LogP contribution in [0.2, 0.25) is 0 Å². The van der Waals surface area contributed by atoms with E-state index >= 15 is 0 Å². The van der Waals surface area contributed by atoms with Gasteiger partial charge in [0.25, 0.3) is 0 Å². The number of amidine groups is 1. The first-order valence-electron chi connectivity index (χ1n) is 5.57. The van der Waals surface area contributed by atoms with E-state index in [2.05, 4.69) is 4.99 Å². The number of nitrogens with zero attached hydrogens (tertiary/aromatic N) is 3. The second kappa shape index (κ2) is 5.12. The van der Waals surface area contributed by atoms with Crippen molar-refractivity contribution in [3.63, 3.8) is 0 Å². The lowest BCUT2D eigenvalue weighted by Crippen LogP contribution is -2.47. The van der Waals surface area contributed by atoms with Gasteiger partial charge in [-0.3, -0.25) is 9.30 Å². The normalized spacial score (nSPS) is 20.1. The summed E-state index contributed by atoms with van der Waals surface area (Å²) >= 11 is 1.99. The van der Waals surface area contributed by atoms with Gasteiger partial charge < -0.3 is 0 Å². The molecule has 0 amide bonds. The van der Waals surface area contributed by atoms with Gasteiger partial charge in [-0.15, -0.1) is 0 Å². The van der Waals surface area contributed by atoms with Crippen LogP contribution in [0.15, 0.2) is 33.5 Å². The van der Waals surface area contributed by atoms with Crippen LogP contribution in [0.25, 0.3) is 0 Å². The van der Waals surface area contributed by atoms with Crippen molar-refractivity contribution in [2.24, 2.45) is 4.99 Å². The number of rotatable bonds is 1. The average Bonchev–Trinajstić information content (AvgIpc) is 2.37. The molecule has 5 nitrogen and oxygen atoms in total. The molecule has 19 heavy (non-hydrogen) atoms. The molecule has 0 fully saturated rings. The van der Waals surface area contributed by atoms with Crippen LogP contribution in [-0.2, 0) is 10.2 Å². The van der Waals surface area contributed by atoms with Crippen LogP contribution < -0.4 is 4.31 Å². The Bertz CT molecular complexity index is 668. The lowest BCUT2D eigenvalue weighted by molar-refractivity contribution is 0.558. The van der Waals surface area contributed by atoms with Crippen molar-refractivity contribution in [3.8, 4) is 0 Å². The summed E-state index contributed by atoms with van der Waals surface area (Å²) in [6, 6.07) is 5.58. The minimum Gasteiger partial charge on any atom is -0.270 e. The topological polar surface area (TPSA) is 53.0 Å². The molecule has 0 saturated heterocycles. The highest BCUT2D eigenvalue weighted by Gasteiger charge is 2.37. The summed E-state index contributed by atoms with van der Waals surface area (Å²) in [5.74, 6) is 0.444. The zero-order valence-corrected chi connectivity index (χ0v) is 13.8.